The van der Waals surface area contributed by atoms with E-state index in [0.717, 1.165) is 51.9 Å². The lowest BCUT2D eigenvalue weighted by atomic mass is 9.88. The van der Waals surface area contributed by atoms with Gasteiger partial charge in [-0.05, 0) is 19.3 Å². The molecule has 0 spiro atoms. The molecule has 3 saturated heterocycles. The van der Waals surface area contributed by atoms with Crippen molar-refractivity contribution in [2.24, 2.45) is 0 Å². The molecule has 0 radical (unpaired) electrons. The molecule has 0 aromatic rings. The van der Waals surface area contributed by atoms with E-state index in [0.29, 0.717) is 12.8 Å². The summed E-state index contributed by atoms with van der Waals surface area (Å²) in [4.78, 5) is 38.5. The van der Waals surface area contributed by atoms with Gasteiger partial charge in [-0.1, -0.05) is 219 Å². The highest BCUT2D eigenvalue weighted by Crippen LogP contribution is 2.39. The first kappa shape index (κ1) is 79.7. The van der Waals surface area contributed by atoms with Crippen LogP contribution in [-0.4, -0.2) is 215 Å². The van der Waals surface area contributed by atoms with Crippen LogP contribution in [0.4, 0.5) is 0 Å². The van der Waals surface area contributed by atoms with E-state index in [9.17, 15) is 75.7 Å². The third-order valence-corrected chi connectivity index (χ3v) is 17.5. The SMILES string of the molecule is CCCCCCCCCCCCC/C=C/[C@@H](O)[C@H](CO[C@@H]1O[C@H](CO)[C@@H](O[C@@H]2O[C@H](CO)[C@H](O)[C@H](O[C@]3(C(=O)O)C[C@H](O)[C@@H](NC(C)=O)C([C@H](O)[C@H](O)CO)O3)[C@H]2O)[C@H](O)C1O)NC(=O)CCCCCCCCCCCCCCCCCCCCCCC. The van der Waals surface area contributed by atoms with E-state index in [1.807, 2.05) is 6.08 Å². The molecule has 0 saturated carbocycles. The summed E-state index contributed by atoms with van der Waals surface area (Å²) < 4.78 is 34.7. The highest BCUT2D eigenvalue weighted by atomic mass is 16.8. The zero-order valence-corrected chi connectivity index (χ0v) is 53.6. The maximum atomic E-state index is 13.4. The molecular weight excluding hydrogens is 1140 g/mol. The summed E-state index contributed by atoms with van der Waals surface area (Å²) in [5.41, 5.74) is 0. The molecule has 3 rings (SSSR count). The van der Waals surface area contributed by atoms with Crippen molar-refractivity contribution in [2.75, 3.05) is 26.4 Å². The quantitative estimate of drug-likeness (QED) is 0.0264. The molecule has 0 aromatic carbocycles. The Hall–Kier alpha value is -2.53. The lowest BCUT2D eigenvalue weighted by Gasteiger charge is -2.50. The molecule has 14 N–H and O–H groups in total. The van der Waals surface area contributed by atoms with Gasteiger partial charge in [-0.2, -0.15) is 0 Å². The number of amides is 2. The Balaban J connectivity index is 1.59. The molecule has 23 heteroatoms. The molecule has 3 aliphatic rings. The number of carbonyl (C=O) groups is 3. The number of rotatable bonds is 51. The van der Waals surface area contributed by atoms with Gasteiger partial charge in [0, 0.05) is 19.8 Å². The van der Waals surface area contributed by atoms with E-state index in [1.165, 1.54) is 154 Å². The molecule has 0 aromatic heterocycles. The number of hydrogen-bond acceptors (Lipinski definition) is 20. The third kappa shape index (κ3) is 29.2. The van der Waals surface area contributed by atoms with Crippen LogP contribution in [0.2, 0.25) is 0 Å². The number of aliphatic hydroxyl groups excluding tert-OH is 11. The van der Waals surface area contributed by atoms with E-state index in [-0.39, 0.29) is 12.3 Å². The van der Waals surface area contributed by atoms with Crippen LogP contribution in [0, 0.1) is 0 Å². The Morgan fingerprint density at radius 3 is 1.51 bits per heavy atom. The van der Waals surface area contributed by atoms with Gasteiger partial charge in [0.1, 0.15) is 67.1 Å². The van der Waals surface area contributed by atoms with Crippen LogP contribution in [0.5, 0.6) is 0 Å². The number of aliphatic hydroxyl groups is 11. The van der Waals surface area contributed by atoms with Gasteiger partial charge < -0.3 is 100 Å². The summed E-state index contributed by atoms with van der Waals surface area (Å²) in [6.45, 7) is 2.13. The van der Waals surface area contributed by atoms with Crippen molar-refractivity contribution in [2.45, 2.75) is 355 Å². The third-order valence-electron chi connectivity index (χ3n) is 17.5. The fraction of sp³-hybridized carbons (Fsp3) is 0.923. The summed E-state index contributed by atoms with van der Waals surface area (Å²) in [7, 11) is 0. The minimum absolute atomic E-state index is 0.205. The van der Waals surface area contributed by atoms with Crippen LogP contribution >= 0.6 is 0 Å². The summed E-state index contributed by atoms with van der Waals surface area (Å²) in [5, 5.41) is 136. The Morgan fingerprint density at radius 2 is 1.06 bits per heavy atom. The minimum Gasteiger partial charge on any atom is -0.477 e. The van der Waals surface area contributed by atoms with Crippen molar-refractivity contribution >= 4 is 17.8 Å². The molecule has 3 heterocycles. The lowest BCUT2D eigenvalue weighted by molar-refractivity contribution is -0.386. The minimum atomic E-state index is -3.08. The van der Waals surface area contributed by atoms with Crippen molar-refractivity contribution in [3.8, 4) is 0 Å². The van der Waals surface area contributed by atoms with Crippen LogP contribution in [0.3, 0.4) is 0 Å². The highest BCUT2D eigenvalue weighted by Gasteiger charge is 2.60. The van der Waals surface area contributed by atoms with Gasteiger partial charge in [0.25, 0.3) is 5.79 Å². The largest absolute Gasteiger partial charge is 0.477 e. The fourth-order valence-electron chi connectivity index (χ4n) is 12.0. The second-order valence-corrected chi connectivity index (χ2v) is 25.0. The first-order chi connectivity index (χ1) is 42.4. The first-order valence-electron chi connectivity index (χ1n) is 34.1. The van der Waals surface area contributed by atoms with Gasteiger partial charge >= 0.3 is 5.97 Å². The molecule has 88 heavy (non-hydrogen) atoms. The molecule has 2 unspecified atom stereocenters. The van der Waals surface area contributed by atoms with Gasteiger partial charge in [-0.25, -0.2) is 4.79 Å². The number of carboxylic acids is 1. The van der Waals surface area contributed by atoms with E-state index in [1.54, 1.807) is 6.08 Å². The molecule has 2 amide bonds. The monoisotopic (exact) mass is 1260 g/mol. The number of allylic oxidation sites excluding steroid dienone is 1. The van der Waals surface area contributed by atoms with Crippen LogP contribution in [0.25, 0.3) is 0 Å². The molecule has 3 fully saturated rings. The smallest absolute Gasteiger partial charge is 0.364 e. The van der Waals surface area contributed by atoms with Gasteiger partial charge in [-0.15, -0.1) is 0 Å². The van der Waals surface area contributed by atoms with Crippen molar-refractivity contribution in [3.05, 3.63) is 12.2 Å². The number of nitrogens with one attached hydrogen (secondary N) is 2. The first-order valence-corrected chi connectivity index (χ1v) is 34.1. The van der Waals surface area contributed by atoms with E-state index >= 15 is 0 Å². The van der Waals surface area contributed by atoms with E-state index in [4.69, 9.17) is 28.4 Å². The van der Waals surface area contributed by atoms with Gasteiger partial charge in [0.05, 0.1) is 50.7 Å². The van der Waals surface area contributed by atoms with Crippen LogP contribution in [0.1, 0.15) is 245 Å². The van der Waals surface area contributed by atoms with Crippen molar-refractivity contribution in [1.82, 2.24) is 10.6 Å². The molecule has 516 valence electrons. The predicted molar refractivity (Wildman–Crippen MR) is 329 cm³/mol. The number of hydrogen-bond donors (Lipinski definition) is 14. The Bertz CT molecular complexity index is 1840. The van der Waals surface area contributed by atoms with Crippen LogP contribution in [0.15, 0.2) is 12.2 Å². The average molecular weight is 1270 g/mol. The van der Waals surface area contributed by atoms with E-state index < -0.39 is 155 Å². The lowest BCUT2D eigenvalue weighted by Crippen LogP contribution is -2.70. The molecule has 0 bridgehead atoms. The topological polar surface area (TPSA) is 373 Å². The summed E-state index contributed by atoms with van der Waals surface area (Å²) in [6.07, 6.45) is 14.1. The molecular formula is C65H120N2O21. The molecule has 18 atom stereocenters. The number of ether oxygens (including phenoxy) is 6. The zero-order valence-electron chi connectivity index (χ0n) is 53.6. The average Bonchev–Trinajstić information content (AvgIpc) is 0.829. The normalized spacial score (nSPS) is 29.0. The molecule has 0 aliphatic carbocycles. The van der Waals surface area contributed by atoms with Gasteiger partial charge in [0.2, 0.25) is 11.8 Å². The maximum absolute atomic E-state index is 13.4. The second-order valence-electron chi connectivity index (χ2n) is 25.0. The standard InChI is InChI=1S/C65H120N2O21/c1-4-6-8-10-12-14-16-18-19-20-21-22-23-24-25-27-29-31-33-35-37-39-52(75)67-46(47(72)38-36-34-32-30-28-26-17-15-13-11-9-7-5-2)44-83-62-57(79)56(78)59(51(43-70)85-62)86-63-58(80)61(55(77)50(42-69)84-63)88-65(64(81)82)40-48(73)53(66-45(3)71)60(87-65)54(76)49(74)41-68/h36,38,46-51,53-63,68-70,72-74,76-80H,4-35,37,39-44H2,1-3H3,(H,66,71)(H,67,75)(H,81,82)/b38-36+/t46-,47+,48-,49+,50+,51+,53+,54+,55-,56+,57?,58+,59+,60?,61-,62+,63-,65-/m0/s1. The number of aliphatic carboxylic acids is 1. The number of unbranched alkanes of at least 4 members (excludes halogenated alkanes) is 31. The van der Waals surface area contributed by atoms with Crippen LogP contribution < -0.4 is 10.6 Å². The highest BCUT2D eigenvalue weighted by molar-refractivity contribution is 5.77. The van der Waals surface area contributed by atoms with Crippen LogP contribution in [-0.2, 0) is 42.8 Å². The van der Waals surface area contributed by atoms with Gasteiger partial charge in [-0.3, -0.25) is 9.59 Å². The number of carboxylic acid groups (broad SMARTS) is 1. The van der Waals surface area contributed by atoms with Crippen molar-refractivity contribution in [1.29, 1.82) is 0 Å². The summed E-state index contributed by atoms with van der Waals surface area (Å²) >= 11 is 0. The zero-order chi connectivity index (χ0) is 64.7. The van der Waals surface area contributed by atoms with E-state index in [2.05, 4.69) is 24.5 Å². The summed E-state index contributed by atoms with van der Waals surface area (Å²) in [6, 6.07) is -2.61. The molecule has 23 nitrogen and oxygen atoms in total. The number of carbonyl (C=O) groups excluding carboxylic acids is 2. The Kier molecular flexibility index (Phi) is 42.1. The fourth-order valence-corrected chi connectivity index (χ4v) is 12.0. The Labute approximate surface area is 524 Å². The van der Waals surface area contributed by atoms with Crippen molar-refractivity contribution in [3.63, 3.8) is 0 Å². The predicted octanol–water partition coefficient (Wildman–Crippen LogP) is 5.51. The summed E-state index contributed by atoms with van der Waals surface area (Å²) in [5.74, 6) is -6.14. The van der Waals surface area contributed by atoms with Crippen molar-refractivity contribution < 1.29 is 104 Å². The Morgan fingerprint density at radius 1 is 0.591 bits per heavy atom. The second kappa shape index (κ2) is 46.5. The van der Waals surface area contributed by atoms with Gasteiger partial charge in [0.15, 0.2) is 12.6 Å². The molecule has 3 aliphatic heterocycles. The maximum Gasteiger partial charge on any atom is 0.364 e.